The van der Waals surface area contributed by atoms with Gasteiger partial charge < -0.3 is 11.1 Å². The fourth-order valence-corrected chi connectivity index (χ4v) is 2.11. The molecule has 0 aliphatic heterocycles. The zero-order valence-corrected chi connectivity index (χ0v) is 11.1. The minimum absolute atomic E-state index is 0.0497. The number of hydrogen-bond donors (Lipinski definition) is 2. The predicted molar refractivity (Wildman–Crippen MR) is 72.2 cm³/mol. The van der Waals surface area contributed by atoms with Gasteiger partial charge in [-0.05, 0) is 43.2 Å². The standard InChI is InChI=1S/C14H21N3O/c1-3-12-6-11(7-13(15)17-12)14(18)16-8-9(2)10-4-5-10/h6-7,9-10H,3-5,8H2,1-2H3,(H2,15,17)(H,16,18). The molecule has 1 fully saturated rings. The van der Waals surface area contributed by atoms with Crippen molar-refractivity contribution in [2.24, 2.45) is 11.8 Å². The number of aromatic nitrogens is 1. The maximum Gasteiger partial charge on any atom is 0.251 e. The summed E-state index contributed by atoms with van der Waals surface area (Å²) in [7, 11) is 0. The zero-order chi connectivity index (χ0) is 13.1. The number of amides is 1. The number of hydrogen-bond acceptors (Lipinski definition) is 3. The first-order chi connectivity index (χ1) is 8.60. The van der Waals surface area contributed by atoms with Gasteiger partial charge in [-0.25, -0.2) is 4.98 Å². The fourth-order valence-electron chi connectivity index (χ4n) is 2.11. The maximum absolute atomic E-state index is 12.0. The van der Waals surface area contributed by atoms with Gasteiger partial charge in [0.1, 0.15) is 5.82 Å². The molecule has 1 aliphatic rings. The van der Waals surface area contributed by atoms with Crippen LogP contribution in [0.3, 0.4) is 0 Å². The first kappa shape index (κ1) is 12.9. The molecule has 0 radical (unpaired) electrons. The van der Waals surface area contributed by atoms with E-state index < -0.39 is 0 Å². The van der Waals surface area contributed by atoms with Gasteiger partial charge in [0.25, 0.3) is 5.91 Å². The monoisotopic (exact) mass is 247 g/mol. The highest BCUT2D eigenvalue weighted by Gasteiger charge is 2.27. The number of nitrogens with zero attached hydrogens (tertiary/aromatic N) is 1. The summed E-state index contributed by atoms with van der Waals surface area (Å²) in [6.45, 7) is 4.93. The van der Waals surface area contributed by atoms with E-state index in [0.29, 0.717) is 17.3 Å². The number of carbonyl (C=O) groups excluding carboxylic acids is 1. The molecule has 1 heterocycles. The highest BCUT2D eigenvalue weighted by Crippen LogP contribution is 2.36. The van der Waals surface area contributed by atoms with E-state index in [1.165, 1.54) is 12.8 Å². The molecule has 1 aliphatic carbocycles. The van der Waals surface area contributed by atoms with Crippen LogP contribution in [0, 0.1) is 11.8 Å². The summed E-state index contributed by atoms with van der Waals surface area (Å²) in [6, 6.07) is 3.45. The minimum Gasteiger partial charge on any atom is -0.384 e. The van der Waals surface area contributed by atoms with E-state index >= 15 is 0 Å². The Morgan fingerprint density at radius 3 is 2.89 bits per heavy atom. The Hall–Kier alpha value is -1.58. The van der Waals surface area contributed by atoms with Crippen LogP contribution in [-0.4, -0.2) is 17.4 Å². The fraction of sp³-hybridized carbons (Fsp3) is 0.571. The van der Waals surface area contributed by atoms with Gasteiger partial charge in [-0.15, -0.1) is 0 Å². The molecule has 18 heavy (non-hydrogen) atoms. The molecule has 98 valence electrons. The summed E-state index contributed by atoms with van der Waals surface area (Å²) in [6.07, 6.45) is 3.39. The Kier molecular flexibility index (Phi) is 3.84. The van der Waals surface area contributed by atoms with Crippen molar-refractivity contribution in [1.29, 1.82) is 0 Å². The van der Waals surface area contributed by atoms with Crippen molar-refractivity contribution in [2.75, 3.05) is 12.3 Å². The predicted octanol–water partition coefficient (Wildman–Crippen LogP) is 2.00. The van der Waals surface area contributed by atoms with E-state index in [1.54, 1.807) is 6.07 Å². The van der Waals surface area contributed by atoms with E-state index in [-0.39, 0.29) is 5.91 Å². The molecule has 1 aromatic rings. The molecule has 0 bridgehead atoms. The molecule has 1 saturated carbocycles. The number of aryl methyl sites for hydroxylation is 1. The number of carbonyl (C=O) groups is 1. The molecule has 1 unspecified atom stereocenters. The number of nitrogens with two attached hydrogens (primary N) is 1. The number of pyridine rings is 1. The lowest BCUT2D eigenvalue weighted by molar-refractivity contribution is 0.0946. The van der Waals surface area contributed by atoms with E-state index in [1.807, 2.05) is 13.0 Å². The van der Waals surface area contributed by atoms with Crippen LogP contribution >= 0.6 is 0 Å². The summed E-state index contributed by atoms with van der Waals surface area (Å²) in [5.41, 5.74) is 7.17. The Bertz CT molecular complexity index is 441. The highest BCUT2D eigenvalue weighted by atomic mass is 16.1. The highest BCUT2D eigenvalue weighted by molar-refractivity contribution is 5.94. The summed E-state index contributed by atoms with van der Waals surface area (Å²) < 4.78 is 0. The number of nitrogens with one attached hydrogen (secondary N) is 1. The lowest BCUT2D eigenvalue weighted by atomic mass is 10.1. The molecular weight excluding hydrogens is 226 g/mol. The van der Waals surface area contributed by atoms with Gasteiger partial charge in [0.15, 0.2) is 0 Å². The summed E-state index contributed by atoms with van der Waals surface area (Å²) >= 11 is 0. The normalized spacial score (nSPS) is 16.3. The molecular formula is C14H21N3O. The summed E-state index contributed by atoms with van der Waals surface area (Å²) in [5.74, 6) is 1.74. The second-order valence-electron chi connectivity index (χ2n) is 5.15. The number of rotatable bonds is 5. The van der Waals surface area contributed by atoms with Gasteiger partial charge in [-0.1, -0.05) is 13.8 Å². The van der Waals surface area contributed by atoms with Crippen LogP contribution in [0.2, 0.25) is 0 Å². The topological polar surface area (TPSA) is 68.0 Å². The average Bonchev–Trinajstić information content (AvgIpc) is 3.18. The molecule has 2 rings (SSSR count). The number of anilines is 1. The Balaban J connectivity index is 1.96. The maximum atomic E-state index is 12.0. The Morgan fingerprint density at radius 1 is 1.56 bits per heavy atom. The van der Waals surface area contributed by atoms with Crippen LogP contribution in [0.15, 0.2) is 12.1 Å². The van der Waals surface area contributed by atoms with Crippen LogP contribution in [0.5, 0.6) is 0 Å². The molecule has 3 N–H and O–H groups in total. The van der Waals surface area contributed by atoms with E-state index in [4.69, 9.17) is 5.73 Å². The Morgan fingerprint density at radius 2 is 2.28 bits per heavy atom. The van der Waals surface area contributed by atoms with Crippen molar-refractivity contribution in [2.45, 2.75) is 33.1 Å². The largest absolute Gasteiger partial charge is 0.384 e. The first-order valence-corrected chi connectivity index (χ1v) is 6.64. The molecule has 1 aromatic heterocycles. The van der Waals surface area contributed by atoms with Crippen molar-refractivity contribution >= 4 is 11.7 Å². The van der Waals surface area contributed by atoms with Crippen LogP contribution in [-0.2, 0) is 6.42 Å². The smallest absolute Gasteiger partial charge is 0.251 e. The first-order valence-electron chi connectivity index (χ1n) is 6.64. The van der Waals surface area contributed by atoms with Gasteiger partial charge in [0, 0.05) is 17.8 Å². The molecule has 0 saturated heterocycles. The third kappa shape index (κ3) is 3.22. The lowest BCUT2D eigenvalue weighted by Gasteiger charge is -2.12. The van der Waals surface area contributed by atoms with Gasteiger partial charge in [-0.2, -0.15) is 0 Å². The summed E-state index contributed by atoms with van der Waals surface area (Å²) in [4.78, 5) is 16.2. The quantitative estimate of drug-likeness (QED) is 0.836. The van der Waals surface area contributed by atoms with Crippen LogP contribution in [0.4, 0.5) is 5.82 Å². The second-order valence-corrected chi connectivity index (χ2v) is 5.15. The summed E-state index contributed by atoms with van der Waals surface area (Å²) in [5, 5.41) is 2.98. The molecule has 4 heteroatoms. The van der Waals surface area contributed by atoms with Crippen molar-refractivity contribution in [3.05, 3.63) is 23.4 Å². The third-order valence-electron chi connectivity index (χ3n) is 3.53. The third-order valence-corrected chi connectivity index (χ3v) is 3.53. The lowest BCUT2D eigenvalue weighted by Crippen LogP contribution is -2.29. The van der Waals surface area contributed by atoms with Crippen LogP contribution < -0.4 is 11.1 Å². The SMILES string of the molecule is CCc1cc(C(=O)NCC(C)C2CC2)cc(N)n1. The van der Waals surface area contributed by atoms with Crippen molar-refractivity contribution in [1.82, 2.24) is 10.3 Å². The van der Waals surface area contributed by atoms with Crippen molar-refractivity contribution in [3.63, 3.8) is 0 Å². The van der Waals surface area contributed by atoms with Crippen LogP contribution in [0.1, 0.15) is 42.7 Å². The Labute approximate surface area is 108 Å². The van der Waals surface area contributed by atoms with Gasteiger partial charge in [-0.3, -0.25) is 4.79 Å². The van der Waals surface area contributed by atoms with Gasteiger partial charge >= 0.3 is 0 Å². The zero-order valence-electron chi connectivity index (χ0n) is 11.1. The molecule has 1 amide bonds. The second kappa shape index (κ2) is 5.38. The molecule has 1 atom stereocenters. The van der Waals surface area contributed by atoms with Gasteiger partial charge in [0.2, 0.25) is 0 Å². The van der Waals surface area contributed by atoms with Crippen LogP contribution in [0.25, 0.3) is 0 Å². The average molecular weight is 247 g/mol. The molecule has 4 nitrogen and oxygen atoms in total. The van der Waals surface area contributed by atoms with E-state index in [0.717, 1.165) is 24.6 Å². The van der Waals surface area contributed by atoms with Gasteiger partial charge in [0.05, 0.1) is 0 Å². The van der Waals surface area contributed by atoms with E-state index in [2.05, 4.69) is 17.2 Å². The van der Waals surface area contributed by atoms with E-state index in [9.17, 15) is 4.79 Å². The minimum atomic E-state index is -0.0497. The van der Waals surface area contributed by atoms with Crippen molar-refractivity contribution < 1.29 is 4.79 Å². The van der Waals surface area contributed by atoms with Crippen molar-refractivity contribution in [3.8, 4) is 0 Å². The molecule has 0 aromatic carbocycles. The number of nitrogen functional groups attached to an aromatic ring is 1. The molecule has 0 spiro atoms.